The zero-order valence-electron chi connectivity index (χ0n) is 18.9. The molecule has 3 saturated carbocycles. The zero-order valence-corrected chi connectivity index (χ0v) is 18.9. The second-order valence-electron chi connectivity index (χ2n) is 9.61. The Morgan fingerprint density at radius 3 is 2.71 bits per heavy atom. The summed E-state index contributed by atoms with van der Waals surface area (Å²) in [6.45, 7) is 2.35. The Kier molecular flexibility index (Phi) is 5.02. The molecule has 2 bridgehead atoms. The molecule has 0 saturated heterocycles. The summed E-state index contributed by atoms with van der Waals surface area (Å²) in [7, 11) is 0. The summed E-state index contributed by atoms with van der Waals surface area (Å²) >= 11 is 0. The van der Waals surface area contributed by atoms with Crippen molar-refractivity contribution in [3.8, 4) is 28.7 Å². The van der Waals surface area contributed by atoms with E-state index in [1.807, 2.05) is 24.3 Å². The van der Waals surface area contributed by atoms with Crippen LogP contribution in [0.4, 0.5) is 10.2 Å². The van der Waals surface area contributed by atoms with Gasteiger partial charge in [-0.05, 0) is 61.6 Å². The van der Waals surface area contributed by atoms with Crippen molar-refractivity contribution in [1.82, 2.24) is 19.9 Å². The smallest absolute Gasteiger partial charge is 0.164 e. The highest BCUT2D eigenvalue weighted by molar-refractivity contribution is 5.92. The van der Waals surface area contributed by atoms with Crippen LogP contribution < -0.4 is 5.32 Å². The molecule has 6 nitrogen and oxygen atoms in total. The second-order valence-corrected chi connectivity index (χ2v) is 9.61. The number of nitriles is 1. The fraction of sp³-hybridized carbons (Fsp3) is 0.333. The number of pyridine rings is 1. The van der Waals surface area contributed by atoms with Crippen LogP contribution >= 0.6 is 0 Å². The molecule has 3 heterocycles. The molecule has 2 N–H and O–H groups in total. The van der Waals surface area contributed by atoms with Crippen molar-refractivity contribution in [3.63, 3.8) is 0 Å². The average Bonchev–Trinajstić information content (AvgIpc) is 3.29. The van der Waals surface area contributed by atoms with Gasteiger partial charge in [0.2, 0.25) is 0 Å². The number of halogens is 1. The summed E-state index contributed by atoms with van der Waals surface area (Å²) in [5.41, 5.74) is 3.42. The number of fused-ring (bicyclic) bond motifs is 4. The molecule has 0 radical (unpaired) electrons. The van der Waals surface area contributed by atoms with Crippen LogP contribution in [0.3, 0.4) is 0 Å². The molecule has 4 aromatic rings. The van der Waals surface area contributed by atoms with Crippen LogP contribution in [-0.2, 0) is 0 Å². The number of nitrogens with zero attached hydrogens (tertiary/aromatic N) is 4. The molecule has 2 unspecified atom stereocenters. The normalized spacial score (nSPS) is 23.7. The SMILES string of the molecule is CC1C2CCC(CC2)C1Nc1cc(-c2cccc(C#N)c2)nc(-c2c[nH]c3ncc(F)cc23)n1. The summed E-state index contributed by atoms with van der Waals surface area (Å²) in [6.07, 6.45) is 8.12. The molecular formula is C27H25FN6. The van der Waals surface area contributed by atoms with Crippen molar-refractivity contribution in [1.29, 1.82) is 5.26 Å². The third-order valence-corrected chi connectivity index (χ3v) is 7.70. The average molecular weight is 453 g/mol. The number of anilines is 1. The van der Waals surface area contributed by atoms with Crippen molar-refractivity contribution < 1.29 is 4.39 Å². The molecule has 170 valence electrons. The summed E-state index contributed by atoms with van der Waals surface area (Å²) in [4.78, 5) is 17.0. The highest BCUT2D eigenvalue weighted by Crippen LogP contribution is 2.46. The monoisotopic (exact) mass is 452 g/mol. The molecule has 7 rings (SSSR count). The summed E-state index contributed by atoms with van der Waals surface area (Å²) in [5.74, 6) is 2.84. The van der Waals surface area contributed by atoms with Crippen LogP contribution in [-0.4, -0.2) is 26.0 Å². The number of hydrogen-bond acceptors (Lipinski definition) is 5. The van der Waals surface area contributed by atoms with Gasteiger partial charge in [-0.2, -0.15) is 5.26 Å². The van der Waals surface area contributed by atoms with E-state index in [-0.39, 0.29) is 0 Å². The number of hydrogen-bond donors (Lipinski definition) is 2. The topological polar surface area (TPSA) is 90.3 Å². The first-order valence-electron chi connectivity index (χ1n) is 11.9. The minimum absolute atomic E-state index is 0.371. The van der Waals surface area contributed by atoms with Crippen molar-refractivity contribution in [3.05, 3.63) is 60.2 Å². The van der Waals surface area contributed by atoms with Crippen molar-refractivity contribution in [2.45, 2.75) is 38.6 Å². The van der Waals surface area contributed by atoms with E-state index in [0.29, 0.717) is 45.9 Å². The Bertz CT molecular complexity index is 1410. The van der Waals surface area contributed by atoms with E-state index >= 15 is 0 Å². The van der Waals surface area contributed by atoms with Gasteiger partial charge in [-0.1, -0.05) is 19.1 Å². The van der Waals surface area contributed by atoms with Gasteiger partial charge in [0.15, 0.2) is 5.82 Å². The summed E-state index contributed by atoms with van der Waals surface area (Å²) in [5, 5.41) is 13.8. The molecule has 3 aliphatic carbocycles. The largest absolute Gasteiger partial charge is 0.367 e. The van der Waals surface area contributed by atoms with Crippen LogP contribution in [0.1, 0.15) is 38.2 Å². The highest BCUT2D eigenvalue weighted by Gasteiger charge is 2.41. The van der Waals surface area contributed by atoms with E-state index in [9.17, 15) is 9.65 Å². The predicted molar refractivity (Wildman–Crippen MR) is 129 cm³/mol. The number of benzene rings is 1. The molecule has 3 aromatic heterocycles. The number of nitrogens with one attached hydrogen (secondary N) is 2. The molecule has 3 fully saturated rings. The second kappa shape index (κ2) is 8.21. The lowest BCUT2D eigenvalue weighted by atomic mass is 9.62. The number of H-pyrrole nitrogens is 1. The minimum Gasteiger partial charge on any atom is -0.367 e. The molecule has 0 amide bonds. The molecule has 1 aromatic carbocycles. The van der Waals surface area contributed by atoms with Crippen molar-refractivity contribution >= 4 is 16.9 Å². The number of aromatic nitrogens is 4. The molecule has 2 atom stereocenters. The van der Waals surface area contributed by atoms with Gasteiger partial charge in [-0.25, -0.2) is 19.3 Å². The highest BCUT2D eigenvalue weighted by atomic mass is 19.1. The van der Waals surface area contributed by atoms with E-state index in [1.165, 1.54) is 37.9 Å². The lowest BCUT2D eigenvalue weighted by Gasteiger charge is -2.47. The van der Waals surface area contributed by atoms with E-state index < -0.39 is 5.82 Å². The van der Waals surface area contributed by atoms with Crippen LogP contribution in [0.15, 0.2) is 48.8 Å². The van der Waals surface area contributed by atoms with E-state index in [4.69, 9.17) is 9.97 Å². The molecular weight excluding hydrogens is 427 g/mol. The first kappa shape index (κ1) is 20.8. The number of aromatic amines is 1. The Balaban J connectivity index is 1.47. The van der Waals surface area contributed by atoms with Gasteiger partial charge in [0.25, 0.3) is 0 Å². The predicted octanol–water partition coefficient (Wildman–Crippen LogP) is 5.93. The van der Waals surface area contributed by atoms with Gasteiger partial charge in [0, 0.05) is 34.8 Å². The van der Waals surface area contributed by atoms with Crippen LogP contribution in [0, 0.1) is 34.9 Å². The Morgan fingerprint density at radius 2 is 1.91 bits per heavy atom. The Labute approximate surface area is 197 Å². The Hall–Kier alpha value is -3.79. The maximum atomic E-state index is 14.0. The fourth-order valence-corrected chi connectivity index (χ4v) is 5.87. The minimum atomic E-state index is -0.406. The molecule has 0 aliphatic heterocycles. The lowest BCUT2D eigenvalue weighted by Crippen LogP contribution is -2.47. The third kappa shape index (κ3) is 3.60. The van der Waals surface area contributed by atoms with Gasteiger partial charge in [-0.15, -0.1) is 0 Å². The quantitative estimate of drug-likeness (QED) is 0.400. The van der Waals surface area contributed by atoms with Gasteiger partial charge >= 0.3 is 0 Å². The standard InChI is InChI=1S/C27H25FN6/c1-15-17-5-7-18(8-6-17)25(15)33-24-11-23(19-4-2-3-16(9-19)12-29)32-27(34-24)22-14-31-26-21(22)10-20(28)13-30-26/h2-4,9-11,13-15,17-18,25H,5-8H2,1H3,(H,30,31)(H,32,33,34). The first-order valence-corrected chi connectivity index (χ1v) is 11.9. The van der Waals surface area contributed by atoms with Gasteiger partial charge < -0.3 is 10.3 Å². The molecule has 3 aliphatic rings. The molecule has 34 heavy (non-hydrogen) atoms. The van der Waals surface area contributed by atoms with Gasteiger partial charge in [0.1, 0.15) is 17.3 Å². The van der Waals surface area contributed by atoms with Crippen LogP contribution in [0.5, 0.6) is 0 Å². The van der Waals surface area contributed by atoms with Crippen LogP contribution in [0.2, 0.25) is 0 Å². The zero-order chi connectivity index (χ0) is 23.2. The van der Waals surface area contributed by atoms with Crippen molar-refractivity contribution in [2.75, 3.05) is 5.32 Å². The maximum absolute atomic E-state index is 14.0. The first-order chi connectivity index (χ1) is 16.6. The Morgan fingerprint density at radius 1 is 1.09 bits per heavy atom. The number of rotatable bonds is 4. The molecule has 7 heteroatoms. The van der Waals surface area contributed by atoms with E-state index in [2.05, 4.69) is 28.3 Å². The van der Waals surface area contributed by atoms with E-state index in [0.717, 1.165) is 23.0 Å². The summed E-state index contributed by atoms with van der Waals surface area (Å²) in [6, 6.07) is 13.4. The van der Waals surface area contributed by atoms with E-state index in [1.54, 1.807) is 12.3 Å². The fourth-order valence-electron chi connectivity index (χ4n) is 5.87. The van der Waals surface area contributed by atoms with Gasteiger partial charge in [-0.3, -0.25) is 0 Å². The third-order valence-electron chi connectivity index (χ3n) is 7.70. The lowest BCUT2D eigenvalue weighted by molar-refractivity contribution is 0.0928. The maximum Gasteiger partial charge on any atom is 0.164 e. The van der Waals surface area contributed by atoms with Crippen molar-refractivity contribution in [2.24, 2.45) is 17.8 Å². The van der Waals surface area contributed by atoms with Crippen LogP contribution in [0.25, 0.3) is 33.7 Å². The summed E-state index contributed by atoms with van der Waals surface area (Å²) < 4.78 is 14.0. The molecule has 0 spiro atoms. The van der Waals surface area contributed by atoms with Gasteiger partial charge in [0.05, 0.1) is 23.5 Å².